The number of aromatic nitrogens is 1. The van der Waals surface area contributed by atoms with Crippen molar-refractivity contribution in [1.82, 2.24) is 4.98 Å². The van der Waals surface area contributed by atoms with Crippen LogP contribution in [0.15, 0.2) is 54.7 Å². The predicted molar refractivity (Wildman–Crippen MR) is 129 cm³/mol. The van der Waals surface area contributed by atoms with E-state index in [1.807, 2.05) is 75.5 Å². The van der Waals surface area contributed by atoms with E-state index in [0.717, 1.165) is 45.0 Å². The van der Waals surface area contributed by atoms with Crippen molar-refractivity contribution < 1.29 is 19.0 Å². The third-order valence-corrected chi connectivity index (χ3v) is 6.14. The molecule has 5 heteroatoms. The molecule has 0 aliphatic carbocycles. The lowest BCUT2D eigenvalue weighted by Crippen LogP contribution is -2.25. The number of nitrogens with zero attached hydrogens (tertiary/aromatic N) is 1. The van der Waals surface area contributed by atoms with Gasteiger partial charge in [-0.3, -0.25) is 4.98 Å². The Hall–Kier alpha value is -3.02. The summed E-state index contributed by atoms with van der Waals surface area (Å²) in [6, 6.07) is 15.8. The zero-order chi connectivity index (χ0) is 23.2. The van der Waals surface area contributed by atoms with Crippen molar-refractivity contribution >= 4 is 21.7 Å². The molecule has 1 N–H and O–H groups in total. The number of alkyl halides is 1. The summed E-state index contributed by atoms with van der Waals surface area (Å²) in [6.45, 7) is 5.54. The largest absolute Gasteiger partial charge is 0.493 e. The molecule has 0 saturated carbocycles. The van der Waals surface area contributed by atoms with Crippen LogP contribution in [0.1, 0.15) is 43.6 Å². The molecule has 0 bridgehead atoms. The van der Waals surface area contributed by atoms with Crippen LogP contribution < -0.4 is 4.74 Å². The number of ether oxygens (including phenoxy) is 2. The van der Waals surface area contributed by atoms with Crippen molar-refractivity contribution in [2.75, 3.05) is 13.2 Å². The average Bonchev–Trinajstić information content (AvgIpc) is 2.81. The standard InChI is InChI=1S/C28H28FNO3/c1-28(2,3)33-23(16-31)24-19(15-29)14-18-6-4-5-7-20(18)26(24)21-8-9-22-25-17(11-13-32-22)10-12-30-27(21)25/h4-10,12,14,23,31H,11,13,15-16H2,1-3H3/t23-/m1/s1. The molecule has 3 aromatic carbocycles. The monoisotopic (exact) mass is 445 g/mol. The van der Waals surface area contributed by atoms with Gasteiger partial charge in [0, 0.05) is 23.6 Å². The lowest BCUT2D eigenvalue weighted by atomic mass is 9.85. The molecule has 2 heterocycles. The number of halogens is 1. The number of hydrogen-bond acceptors (Lipinski definition) is 4. The summed E-state index contributed by atoms with van der Waals surface area (Å²) in [5.41, 5.74) is 4.43. The Balaban J connectivity index is 1.90. The van der Waals surface area contributed by atoms with Gasteiger partial charge in [0.25, 0.3) is 0 Å². The van der Waals surface area contributed by atoms with Crippen molar-refractivity contribution in [2.24, 2.45) is 0 Å². The summed E-state index contributed by atoms with van der Waals surface area (Å²) in [5.74, 6) is 0.820. The fourth-order valence-electron chi connectivity index (χ4n) is 4.91. The van der Waals surface area contributed by atoms with Gasteiger partial charge in [-0.15, -0.1) is 0 Å². The fraction of sp³-hybridized carbons (Fsp3) is 0.321. The Morgan fingerprint density at radius 1 is 1.15 bits per heavy atom. The highest BCUT2D eigenvalue weighted by atomic mass is 19.1. The maximum atomic E-state index is 14.5. The smallest absolute Gasteiger partial charge is 0.129 e. The van der Waals surface area contributed by atoms with Gasteiger partial charge in [-0.2, -0.15) is 0 Å². The van der Waals surface area contributed by atoms with Crippen LogP contribution in [0.25, 0.3) is 32.8 Å². The van der Waals surface area contributed by atoms with Gasteiger partial charge in [0.2, 0.25) is 0 Å². The topological polar surface area (TPSA) is 51.6 Å². The van der Waals surface area contributed by atoms with Crippen LogP contribution in [0, 0.1) is 0 Å². The van der Waals surface area contributed by atoms with Crippen LogP contribution in [0.2, 0.25) is 0 Å². The Morgan fingerprint density at radius 3 is 2.73 bits per heavy atom. The maximum absolute atomic E-state index is 14.5. The zero-order valence-electron chi connectivity index (χ0n) is 19.2. The molecule has 5 rings (SSSR count). The molecule has 1 aliphatic rings. The second-order valence-corrected chi connectivity index (χ2v) is 9.48. The highest BCUT2D eigenvalue weighted by molar-refractivity contribution is 6.08. The van der Waals surface area contributed by atoms with Crippen LogP contribution in [0.5, 0.6) is 5.75 Å². The molecule has 1 atom stereocenters. The van der Waals surface area contributed by atoms with Gasteiger partial charge < -0.3 is 14.6 Å². The van der Waals surface area contributed by atoms with Gasteiger partial charge in [0.1, 0.15) is 18.5 Å². The van der Waals surface area contributed by atoms with Crippen molar-refractivity contribution in [3.05, 3.63) is 71.4 Å². The lowest BCUT2D eigenvalue weighted by Gasteiger charge is -2.30. The number of benzene rings is 3. The highest BCUT2D eigenvalue weighted by Crippen LogP contribution is 2.45. The molecular formula is C28H28FNO3. The van der Waals surface area contributed by atoms with E-state index in [9.17, 15) is 9.50 Å². The van der Waals surface area contributed by atoms with E-state index in [2.05, 4.69) is 0 Å². The zero-order valence-corrected chi connectivity index (χ0v) is 19.2. The van der Waals surface area contributed by atoms with Crippen molar-refractivity contribution in [2.45, 2.75) is 45.6 Å². The first kappa shape index (κ1) is 21.8. The third kappa shape index (κ3) is 3.85. The van der Waals surface area contributed by atoms with Gasteiger partial charge >= 0.3 is 0 Å². The summed E-state index contributed by atoms with van der Waals surface area (Å²) in [6.07, 6.45) is 1.96. The first-order chi connectivity index (χ1) is 15.9. The van der Waals surface area contributed by atoms with Crippen LogP contribution in [0.4, 0.5) is 4.39 Å². The van der Waals surface area contributed by atoms with E-state index >= 15 is 0 Å². The van der Waals surface area contributed by atoms with Crippen molar-refractivity contribution in [1.29, 1.82) is 0 Å². The van der Waals surface area contributed by atoms with Crippen LogP contribution in [-0.2, 0) is 17.8 Å². The van der Waals surface area contributed by atoms with Crippen molar-refractivity contribution in [3.63, 3.8) is 0 Å². The molecule has 1 aliphatic heterocycles. The highest BCUT2D eigenvalue weighted by Gasteiger charge is 2.28. The quantitative estimate of drug-likeness (QED) is 0.391. The summed E-state index contributed by atoms with van der Waals surface area (Å²) in [4.78, 5) is 4.75. The molecule has 0 fully saturated rings. The summed E-state index contributed by atoms with van der Waals surface area (Å²) < 4.78 is 26.6. The summed E-state index contributed by atoms with van der Waals surface area (Å²) in [5, 5.41) is 13.3. The van der Waals surface area contributed by atoms with Crippen LogP contribution >= 0.6 is 0 Å². The Morgan fingerprint density at radius 2 is 1.97 bits per heavy atom. The van der Waals surface area contributed by atoms with Gasteiger partial charge in [0.15, 0.2) is 0 Å². The molecular weight excluding hydrogens is 417 g/mol. The van der Waals surface area contributed by atoms with Gasteiger partial charge in [-0.1, -0.05) is 24.3 Å². The average molecular weight is 446 g/mol. The predicted octanol–water partition coefficient (Wildman–Crippen LogP) is 6.31. The first-order valence-electron chi connectivity index (χ1n) is 11.3. The number of rotatable bonds is 5. The Labute approximate surface area is 193 Å². The molecule has 4 aromatic rings. The molecule has 33 heavy (non-hydrogen) atoms. The third-order valence-electron chi connectivity index (χ3n) is 6.14. The molecule has 0 radical (unpaired) electrons. The normalized spacial score (nSPS) is 14.5. The Bertz CT molecular complexity index is 1330. The molecule has 1 aromatic heterocycles. The Kier molecular flexibility index (Phi) is 5.55. The van der Waals surface area contributed by atoms with E-state index < -0.39 is 18.4 Å². The molecule has 0 spiro atoms. The van der Waals surface area contributed by atoms with Gasteiger partial charge in [-0.05, 0) is 78.1 Å². The van der Waals surface area contributed by atoms with E-state index in [4.69, 9.17) is 14.5 Å². The fourth-order valence-corrected chi connectivity index (χ4v) is 4.91. The summed E-state index contributed by atoms with van der Waals surface area (Å²) >= 11 is 0. The number of hydrogen-bond donors (Lipinski definition) is 1. The van der Waals surface area contributed by atoms with Gasteiger partial charge in [-0.25, -0.2) is 4.39 Å². The van der Waals surface area contributed by atoms with E-state index in [-0.39, 0.29) is 6.61 Å². The first-order valence-corrected chi connectivity index (χ1v) is 11.3. The number of aliphatic hydroxyl groups is 1. The van der Waals surface area contributed by atoms with E-state index in [1.54, 1.807) is 0 Å². The number of aliphatic hydroxyl groups excluding tert-OH is 1. The number of pyridine rings is 1. The minimum atomic E-state index is -0.683. The molecule has 170 valence electrons. The SMILES string of the molecule is CC(C)(C)O[C@H](CO)c1c(CF)cc2ccccc2c1-c1ccc2c3c(ccnc13)CCO2. The lowest BCUT2D eigenvalue weighted by molar-refractivity contribution is -0.0824. The number of fused-ring (bicyclic) bond motifs is 1. The molecule has 0 saturated heterocycles. The summed E-state index contributed by atoms with van der Waals surface area (Å²) in [7, 11) is 0. The molecule has 0 unspecified atom stereocenters. The second-order valence-electron chi connectivity index (χ2n) is 9.48. The minimum absolute atomic E-state index is 0.257. The van der Waals surface area contributed by atoms with E-state index in [1.165, 1.54) is 5.56 Å². The van der Waals surface area contributed by atoms with Gasteiger partial charge in [0.05, 0.1) is 24.3 Å². The van der Waals surface area contributed by atoms with Crippen molar-refractivity contribution in [3.8, 4) is 16.9 Å². The van der Waals surface area contributed by atoms with Crippen LogP contribution in [-0.4, -0.2) is 28.9 Å². The minimum Gasteiger partial charge on any atom is -0.493 e. The molecule has 4 nitrogen and oxygen atoms in total. The molecule has 0 amide bonds. The van der Waals surface area contributed by atoms with Crippen LogP contribution in [0.3, 0.4) is 0 Å². The second kappa shape index (κ2) is 8.40. The van der Waals surface area contributed by atoms with E-state index in [0.29, 0.717) is 17.7 Å². The maximum Gasteiger partial charge on any atom is 0.129 e.